The summed E-state index contributed by atoms with van der Waals surface area (Å²) in [6.07, 6.45) is 14.4. The van der Waals surface area contributed by atoms with E-state index in [9.17, 15) is 0 Å². The summed E-state index contributed by atoms with van der Waals surface area (Å²) in [4.78, 5) is 0. The highest BCUT2D eigenvalue weighted by atomic mass is 14.3. The smallest absolute Gasteiger partial charge is 0.00576 e. The van der Waals surface area contributed by atoms with Crippen LogP contribution in [-0.2, 0) is 6.42 Å². The van der Waals surface area contributed by atoms with Gasteiger partial charge >= 0.3 is 0 Å². The zero-order chi connectivity index (χ0) is 17.8. The highest BCUT2D eigenvalue weighted by Crippen LogP contribution is 2.45. The monoisotopic (exact) mass is 332 g/mol. The van der Waals surface area contributed by atoms with Crippen LogP contribution in [0.25, 0.3) is 5.57 Å². The van der Waals surface area contributed by atoms with Gasteiger partial charge in [-0.2, -0.15) is 0 Å². The summed E-state index contributed by atoms with van der Waals surface area (Å²) in [5.41, 5.74) is 8.78. The fraction of sp³-hybridized carbons (Fsp3) is 0.440. The summed E-state index contributed by atoms with van der Waals surface area (Å²) in [7, 11) is 0. The third-order valence-corrected chi connectivity index (χ3v) is 6.07. The lowest BCUT2D eigenvalue weighted by molar-refractivity contribution is 0.339. The van der Waals surface area contributed by atoms with Gasteiger partial charge in [0.25, 0.3) is 0 Å². The van der Waals surface area contributed by atoms with Gasteiger partial charge in [0, 0.05) is 0 Å². The van der Waals surface area contributed by atoms with Gasteiger partial charge in [0.1, 0.15) is 0 Å². The SMILES string of the molecule is C=C1C(C2CCC(C(/C=C\CC)=C/C)CC2)=C(C)Cc2ccccc21. The molecule has 1 aromatic rings. The highest BCUT2D eigenvalue weighted by molar-refractivity contribution is 5.82. The van der Waals surface area contributed by atoms with Gasteiger partial charge in [-0.15, -0.1) is 0 Å². The molecule has 132 valence electrons. The molecule has 2 aliphatic carbocycles. The number of allylic oxidation sites excluding steroid dienone is 7. The summed E-state index contributed by atoms with van der Waals surface area (Å²) in [6, 6.07) is 8.81. The molecule has 0 saturated heterocycles. The molecule has 2 aliphatic rings. The molecule has 3 rings (SSSR count). The molecule has 0 aromatic heterocycles. The van der Waals surface area contributed by atoms with Gasteiger partial charge in [-0.1, -0.05) is 61.6 Å². The molecule has 25 heavy (non-hydrogen) atoms. The van der Waals surface area contributed by atoms with E-state index in [0.717, 1.165) is 18.8 Å². The van der Waals surface area contributed by atoms with Crippen molar-refractivity contribution in [1.82, 2.24) is 0 Å². The van der Waals surface area contributed by atoms with Crippen molar-refractivity contribution in [3.8, 4) is 0 Å². The predicted octanol–water partition coefficient (Wildman–Crippen LogP) is 7.29. The summed E-state index contributed by atoms with van der Waals surface area (Å²) < 4.78 is 0. The summed E-state index contributed by atoms with van der Waals surface area (Å²) in [5, 5.41) is 0. The molecule has 1 fully saturated rings. The number of hydrogen-bond donors (Lipinski definition) is 0. The predicted molar refractivity (Wildman–Crippen MR) is 111 cm³/mol. The van der Waals surface area contributed by atoms with Gasteiger partial charge < -0.3 is 0 Å². The Hall–Kier alpha value is -1.82. The number of hydrogen-bond acceptors (Lipinski definition) is 0. The lowest BCUT2D eigenvalue weighted by Gasteiger charge is -2.35. The van der Waals surface area contributed by atoms with Crippen LogP contribution in [0.3, 0.4) is 0 Å². The van der Waals surface area contributed by atoms with Crippen molar-refractivity contribution in [2.75, 3.05) is 0 Å². The Bertz CT molecular complexity index is 718. The summed E-state index contributed by atoms with van der Waals surface area (Å²) >= 11 is 0. The van der Waals surface area contributed by atoms with Crippen molar-refractivity contribution in [3.05, 3.63) is 76.9 Å². The van der Waals surface area contributed by atoms with Crippen LogP contribution >= 0.6 is 0 Å². The zero-order valence-electron chi connectivity index (χ0n) is 16.1. The third kappa shape index (κ3) is 3.73. The van der Waals surface area contributed by atoms with Crippen molar-refractivity contribution in [1.29, 1.82) is 0 Å². The molecule has 0 radical (unpaired) electrons. The van der Waals surface area contributed by atoms with Crippen LogP contribution in [0, 0.1) is 11.8 Å². The van der Waals surface area contributed by atoms with Gasteiger partial charge in [-0.05, 0) is 92.1 Å². The number of rotatable bonds is 4. The fourth-order valence-corrected chi connectivity index (χ4v) is 4.78. The van der Waals surface area contributed by atoms with Crippen LogP contribution in [-0.4, -0.2) is 0 Å². The molecule has 1 saturated carbocycles. The minimum absolute atomic E-state index is 0.699. The topological polar surface area (TPSA) is 0 Å². The largest absolute Gasteiger partial charge is 0.0909 e. The molecule has 0 N–H and O–H groups in total. The molecule has 0 heterocycles. The average Bonchev–Trinajstić information content (AvgIpc) is 2.63. The van der Waals surface area contributed by atoms with Gasteiger partial charge in [0.2, 0.25) is 0 Å². The maximum Gasteiger partial charge on any atom is -0.00576 e. The van der Waals surface area contributed by atoms with Crippen molar-refractivity contribution < 1.29 is 0 Å². The van der Waals surface area contributed by atoms with Gasteiger partial charge in [0.05, 0.1) is 0 Å². The van der Waals surface area contributed by atoms with Crippen LogP contribution in [0.5, 0.6) is 0 Å². The molecule has 0 nitrogen and oxygen atoms in total. The normalized spacial score (nSPS) is 24.8. The molecule has 1 aromatic carbocycles. The van der Waals surface area contributed by atoms with Crippen LogP contribution < -0.4 is 0 Å². The summed E-state index contributed by atoms with van der Waals surface area (Å²) in [5.74, 6) is 1.44. The lowest BCUT2D eigenvalue weighted by atomic mass is 9.70. The zero-order valence-corrected chi connectivity index (χ0v) is 16.1. The van der Waals surface area contributed by atoms with Crippen LogP contribution in [0.1, 0.15) is 64.0 Å². The summed E-state index contributed by atoms with van der Waals surface area (Å²) in [6.45, 7) is 11.2. The minimum atomic E-state index is 0.699. The number of fused-ring (bicyclic) bond motifs is 1. The van der Waals surface area contributed by atoms with E-state index in [1.165, 1.54) is 42.4 Å². The van der Waals surface area contributed by atoms with Crippen molar-refractivity contribution in [3.63, 3.8) is 0 Å². The first kappa shape index (κ1) is 18.0. The Labute approximate surface area is 154 Å². The Morgan fingerprint density at radius 3 is 2.56 bits per heavy atom. The molecule has 0 amide bonds. The van der Waals surface area contributed by atoms with Gasteiger partial charge in [0.15, 0.2) is 0 Å². The van der Waals surface area contributed by atoms with Crippen molar-refractivity contribution in [2.24, 2.45) is 11.8 Å². The van der Waals surface area contributed by atoms with E-state index < -0.39 is 0 Å². The van der Waals surface area contributed by atoms with Crippen LogP contribution in [0.2, 0.25) is 0 Å². The Morgan fingerprint density at radius 2 is 1.88 bits per heavy atom. The molecule has 0 aliphatic heterocycles. The standard InChI is InChI=1S/C25H32/c1-5-7-10-20(6-2)21-13-15-22(16-14-21)25-18(3)17-23-11-8-9-12-24(23)19(25)4/h6-12,21-22H,4-5,13-17H2,1-3H3/b10-7-,20-6+. The molecular weight excluding hydrogens is 300 g/mol. The molecule has 0 bridgehead atoms. The lowest BCUT2D eigenvalue weighted by Crippen LogP contribution is -2.20. The maximum atomic E-state index is 4.49. The average molecular weight is 333 g/mol. The van der Waals surface area contributed by atoms with E-state index in [0.29, 0.717) is 5.92 Å². The highest BCUT2D eigenvalue weighted by Gasteiger charge is 2.29. The first-order valence-corrected chi connectivity index (χ1v) is 9.95. The number of benzene rings is 1. The van der Waals surface area contributed by atoms with Crippen molar-refractivity contribution >= 4 is 5.57 Å². The molecule has 0 heteroatoms. The second kappa shape index (κ2) is 8.04. The Morgan fingerprint density at radius 1 is 1.16 bits per heavy atom. The van der Waals surface area contributed by atoms with Gasteiger partial charge in [-0.25, -0.2) is 0 Å². The third-order valence-electron chi connectivity index (χ3n) is 6.07. The van der Waals surface area contributed by atoms with Gasteiger partial charge in [-0.3, -0.25) is 0 Å². The van der Waals surface area contributed by atoms with Crippen molar-refractivity contribution in [2.45, 2.75) is 59.3 Å². The van der Waals surface area contributed by atoms with E-state index in [2.05, 4.69) is 69.8 Å². The van der Waals surface area contributed by atoms with E-state index in [4.69, 9.17) is 0 Å². The van der Waals surface area contributed by atoms with Crippen LogP contribution in [0.15, 0.2) is 65.8 Å². The maximum absolute atomic E-state index is 4.49. The molecule has 0 unspecified atom stereocenters. The Kier molecular flexibility index (Phi) is 5.78. The molecule has 0 spiro atoms. The van der Waals surface area contributed by atoms with E-state index in [1.54, 1.807) is 16.7 Å². The van der Waals surface area contributed by atoms with E-state index in [-0.39, 0.29) is 0 Å². The first-order chi connectivity index (χ1) is 12.2. The molecule has 0 atom stereocenters. The van der Waals surface area contributed by atoms with Crippen LogP contribution in [0.4, 0.5) is 0 Å². The molecular formula is C25H32. The quantitative estimate of drug-likeness (QED) is 0.508. The first-order valence-electron chi connectivity index (χ1n) is 9.95. The second-order valence-electron chi connectivity index (χ2n) is 7.65. The second-order valence-corrected chi connectivity index (χ2v) is 7.65. The minimum Gasteiger partial charge on any atom is -0.0909 e. The fourth-order valence-electron chi connectivity index (χ4n) is 4.78. The Balaban J connectivity index is 1.73. The van der Waals surface area contributed by atoms with E-state index >= 15 is 0 Å². The van der Waals surface area contributed by atoms with E-state index in [1.807, 2.05) is 0 Å².